The maximum atomic E-state index is 14.0. The number of piperazine rings is 1. The van der Waals surface area contributed by atoms with Crippen molar-refractivity contribution in [3.63, 3.8) is 0 Å². The largest absolute Gasteiger partial charge is 0.496 e. The van der Waals surface area contributed by atoms with Crippen LogP contribution in [0.4, 0.5) is 11.8 Å². The summed E-state index contributed by atoms with van der Waals surface area (Å²) < 4.78 is 13.2. The lowest BCUT2D eigenvalue weighted by Gasteiger charge is -2.32. The Morgan fingerprint density at radius 1 is 0.868 bits per heavy atom. The second-order valence-electron chi connectivity index (χ2n) is 15.0. The molecule has 2 aromatic heterocycles. The molecule has 1 fully saturated rings. The van der Waals surface area contributed by atoms with Crippen LogP contribution >= 0.6 is 0 Å². The molecule has 1 aliphatic rings. The number of nitrogens with zero attached hydrogens (tertiary/aromatic N) is 5. The van der Waals surface area contributed by atoms with Crippen LogP contribution in [-0.4, -0.2) is 83.3 Å². The lowest BCUT2D eigenvalue weighted by molar-refractivity contribution is -0.144. The molecule has 0 unspecified atom stereocenters. The van der Waals surface area contributed by atoms with Gasteiger partial charge in [0.15, 0.2) is 0 Å². The topological polar surface area (TPSA) is 128 Å². The SMILES string of the molecule is CCCCCCCCCCCCCCCC(=O)OC[C@H](CCC)Nc1nc(N)nc2ccn(Cc3ccc(CN4CCN(C)CC4)cc3OC)c(=O)c12. The Hall–Kier alpha value is -3.70. The fraction of sp³-hybridized carbons (Fsp3) is 0.667. The lowest BCUT2D eigenvalue weighted by atomic mass is 10.0. The molecule has 0 saturated carbocycles. The van der Waals surface area contributed by atoms with E-state index >= 15 is 0 Å². The Bertz CT molecular complexity index is 1590. The standard InChI is InChI=1S/C42H67N7O4/c1-5-7-8-9-10-11-12-13-14-15-16-17-18-20-38(50)53-32-35(19-6-2)44-40-39-36(45-42(43)46-40)23-24-49(41(39)51)31-34-22-21-33(29-37(34)52-4)30-48-27-25-47(3)26-28-48/h21-24,29,35H,5-20,25-28,30-32H2,1-4H3,(H3,43,44,45,46)/t35-/m0/s1. The molecule has 3 heterocycles. The van der Waals surface area contributed by atoms with Gasteiger partial charge in [0, 0.05) is 50.9 Å². The second kappa shape index (κ2) is 23.2. The molecule has 0 radical (unpaired) electrons. The van der Waals surface area contributed by atoms with Gasteiger partial charge in [0.2, 0.25) is 5.95 Å². The number of fused-ring (bicyclic) bond motifs is 1. The Kier molecular flexibility index (Phi) is 18.4. The summed E-state index contributed by atoms with van der Waals surface area (Å²) in [6.07, 6.45) is 20.2. The van der Waals surface area contributed by atoms with Crippen LogP contribution in [0.15, 0.2) is 35.3 Å². The zero-order valence-corrected chi connectivity index (χ0v) is 33.2. The van der Waals surface area contributed by atoms with E-state index < -0.39 is 0 Å². The number of pyridine rings is 1. The van der Waals surface area contributed by atoms with Crippen molar-refractivity contribution in [3.05, 3.63) is 51.9 Å². The van der Waals surface area contributed by atoms with Gasteiger partial charge in [-0.2, -0.15) is 4.98 Å². The number of esters is 1. The number of ether oxygens (including phenoxy) is 2. The molecule has 53 heavy (non-hydrogen) atoms. The molecular formula is C42H67N7O4. The van der Waals surface area contributed by atoms with Gasteiger partial charge < -0.3 is 30.0 Å². The first kappa shape index (κ1) is 42.0. The summed E-state index contributed by atoms with van der Waals surface area (Å²) >= 11 is 0. The van der Waals surface area contributed by atoms with Crippen LogP contribution in [0.1, 0.15) is 128 Å². The molecule has 294 valence electrons. The molecule has 3 aromatic rings. The van der Waals surface area contributed by atoms with Crippen LogP contribution in [0.5, 0.6) is 5.75 Å². The first-order valence-corrected chi connectivity index (χ1v) is 20.5. The fourth-order valence-corrected chi connectivity index (χ4v) is 7.19. The highest BCUT2D eigenvalue weighted by Gasteiger charge is 2.19. The van der Waals surface area contributed by atoms with Crippen molar-refractivity contribution in [2.45, 2.75) is 136 Å². The minimum atomic E-state index is -0.233. The molecule has 0 spiro atoms. The van der Waals surface area contributed by atoms with Crippen molar-refractivity contribution in [1.82, 2.24) is 24.3 Å². The van der Waals surface area contributed by atoms with Crippen LogP contribution in [0.25, 0.3) is 10.9 Å². The summed E-state index contributed by atoms with van der Waals surface area (Å²) in [6.45, 7) is 9.93. The van der Waals surface area contributed by atoms with Crippen molar-refractivity contribution in [2.75, 3.05) is 58.0 Å². The van der Waals surface area contributed by atoms with Gasteiger partial charge in [-0.15, -0.1) is 0 Å². The number of likely N-dealkylation sites (N-methyl/N-ethyl adjacent to an activating group) is 1. The minimum Gasteiger partial charge on any atom is -0.496 e. The van der Waals surface area contributed by atoms with E-state index in [0.717, 1.165) is 69.7 Å². The predicted octanol–water partition coefficient (Wildman–Crippen LogP) is 7.78. The zero-order valence-electron chi connectivity index (χ0n) is 33.2. The van der Waals surface area contributed by atoms with E-state index in [9.17, 15) is 9.59 Å². The Morgan fingerprint density at radius 2 is 1.53 bits per heavy atom. The molecule has 1 aliphatic heterocycles. The summed E-state index contributed by atoms with van der Waals surface area (Å²) in [5, 5.41) is 3.74. The molecule has 1 saturated heterocycles. The van der Waals surface area contributed by atoms with Crippen molar-refractivity contribution < 1.29 is 14.3 Å². The highest BCUT2D eigenvalue weighted by molar-refractivity contribution is 5.89. The van der Waals surface area contributed by atoms with Gasteiger partial charge in [0.1, 0.15) is 23.6 Å². The first-order chi connectivity index (χ1) is 25.8. The van der Waals surface area contributed by atoms with Gasteiger partial charge in [0.05, 0.1) is 25.2 Å². The van der Waals surface area contributed by atoms with Gasteiger partial charge in [-0.1, -0.05) is 109 Å². The second-order valence-corrected chi connectivity index (χ2v) is 15.0. The predicted molar refractivity (Wildman–Crippen MR) is 217 cm³/mol. The Balaban J connectivity index is 1.29. The van der Waals surface area contributed by atoms with E-state index in [0.29, 0.717) is 29.7 Å². The number of hydrogen-bond donors (Lipinski definition) is 2. The van der Waals surface area contributed by atoms with Crippen LogP contribution in [0, 0.1) is 0 Å². The molecule has 11 nitrogen and oxygen atoms in total. The highest BCUT2D eigenvalue weighted by atomic mass is 16.5. The van der Waals surface area contributed by atoms with Crippen LogP contribution < -0.4 is 21.3 Å². The summed E-state index contributed by atoms with van der Waals surface area (Å²) in [6, 6.07) is 7.80. The Labute approximate surface area is 318 Å². The van der Waals surface area contributed by atoms with Gasteiger partial charge in [-0.05, 0) is 37.6 Å². The number of carbonyl (C=O) groups excluding carboxylic acids is 1. The van der Waals surface area contributed by atoms with Crippen molar-refractivity contribution in [1.29, 1.82) is 0 Å². The number of aromatic nitrogens is 3. The van der Waals surface area contributed by atoms with Gasteiger partial charge in [-0.25, -0.2) is 4.98 Å². The van der Waals surface area contributed by atoms with E-state index in [-0.39, 0.29) is 30.1 Å². The molecule has 3 N–H and O–H groups in total. The van der Waals surface area contributed by atoms with Crippen LogP contribution in [0.3, 0.4) is 0 Å². The number of rotatable bonds is 25. The quantitative estimate of drug-likeness (QED) is 0.0658. The third-order valence-corrected chi connectivity index (χ3v) is 10.4. The normalized spacial score (nSPS) is 14.4. The third kappa shape index (κ3) is 14.2. The molecule has 1 aromatic carbocycles. The summed E-state index contributed by atoms with van der Waals surface area (Å²) in [5.41, 5.74) is 8.41. The van der Waals surface area contributed by atoms with E-state index in [1.54, 1.807) is 23.9 Å². The molecule has 0 aliphatic carbocycles. The number of unbranched alkanes of at least 4 members (excludes halogenated alkanes) is 12. The molecule has 1 atom stereocenters. The van der Waals surface area contributed by atoms with Crippen molar-refractivity contribution in [2.24, 2.45) is 0 Å². The highest BCUT2D eigenvalue weighted by Crippen LogP contribution is 2.24. The van der Waals surface area contributed by atoms with Crippen molar-refractivity contribution in [3.8, 4) is 5.75 Å². The number of anilines is 2. The monoisotopic (exact) mass is 734 g/mol. The maximum Gasteiger partial charge on any atom is 0.305 e. The van der Waals surface area contributed by atoms with Gasteiger partial charge in [0.25, 0.3) is 5.56 Å². The first-order valence-electron chi connectivity index (χ1n) is 20.5. The van der Waals surface area contributed by atoms with E-state index in [4.69, 9.17) is 15.2 Å². The fourth-order valence-electron chi connectivity index (χ4n) is 7.19. The van der Waals surface area contributed by atoms with Gasteiger partial charge in [-0.3, -0.25) is 14.5 Å². The van der Waals surface area contributed by atoms with Crippen molar-refractivity contribution >= 4 is 28.6 Å². The number of nitrogen functional groups attached to an aromatic ring is 1. The van der Waals surface area contributed by atoms with Crippen LogP contribution in [-0.2, 0) is 22.6 Å². The number of carbonyl (C=O) groups is 1. The van der Waals surface area contributed by atoms with E-state index in [2.05, 4.69) is 58.1 Å². The molecule has 11 heteroatoms. The van der Waals surface area contributed by atoms with E-state index in [1.165, 1.54) is 76.2 Å². The van der Waals surface area contributed by atoms with Crippen LogP contribution in [0.2, 0.25) is 0 Å². The Morgan fingerprint density at radius 3 is 2.17 bits per heavy atom. The minimum absolute atomic E-state index is 0.0735. The zero-order chi connectivity index (χ0) is 37.8. The summed E-state index contributed by atoms with van der Waals surface area (Å²) in [5.74, 6) is 0.991. The van der Waals surface area contributed by atoms with Gasteiger partial charge >= 0.3 is 5.97 Å². The lowest BCUT2D eigenvalue weighted by Crippen LogP contribution is -2.43. The number of benzene rings is 1. The number of methoxy groups -OCH3 is 1. The van der Waals surface area contributed by atoms with E-state index in [1.807, 2.05) is 6.07 Å². The number of nitrogens with one attached hydrogen (secondary N) is 1. The maximum absolute atomic E-state index is 14.0. The average molecular weight is 734 g/mol. The smallest absolute Gasteiger partial charge is 0.305 e. The molecule has 0 bridgehead atoms. The summed E-state index contributed by atoms with van der Waals surface area (Å²) in [7, 11) is 3.83. The molecular weight excluding hydrogens is 667 g/mol. The molecule has 0 amide bonds. The third-order valence-electron chi connectivity index (χ3n) is 10.4. The molecule has 4 rings (SSSR count). The summed E-state index contributed by atoms with van der Waals surface area (Å²) in [4.78, 5) is 40.3. The number of hydrogen-bond acceptors (Lipinski definition) is 10. The average Bonchev–Trinajstić information content (AvgIpc) is 3.15. The number of nitrogens with two attached hydrogens (primary N) is 1.